The fraction of sp³-hybridized carbons (Fsp3) is 0.333. The second-order valence-electron chi connectivity index (χ2n) is 6.00. The molecule has 2 rings (SSSR count). The highest BCUT2D eigenvalue weighted by atomic mass is 79.9. The van der Waals surface area contributed by atoms with Crippen LogP contribution in [0.2, 0.25) is 0 Å². The lowest BCUT2D eigenvalue weighted by Gasteiger charge is -2.13. The van der Waals surface area contributed by atoms with Crippen molar-refractivity contribution in [3.8, 4) is 0 Å². The zero-order valence-corrected chi connectivity index (χ0v) is 16.6. The van der Waals surface area contributed by atoms with Crippen molar-refractivity contribution in [2.75, 3.05) is 25.5 Å². The van der Waals surface area contributed by atoms with Crippen LogP contribution in [-0.2, 0) is 16.4 Å². The fourth-order valence-corrected chi connectivity index (χ4v) is 4.63. The lowest BCUT2D eigenvalue weighted by atomic mass is 10.1. The van der Waals surface area contributed by atoms with Crippen LogP contribution in [0.25, 0.3) is 0 Å². The van der Waals surface area contributed by atoms with Crippen molar-refractivity contribution in [2.45, 2.75) is 24.7 Å². The molecule has 0 aliphatic rings. The van der Waals surface area contributed by atoms with Gasteiger partial charge in [-0.1, -0.05) is 18.2 Å². The predicted octanol–water partition coefficient (Wildman–Crippen LogP) is 3.73. The molecule has 2 aromatic rings. The first-order chi connectivity index (χ1) is 11.3. The van der Waals surface area contributed by atoms with Crippen LogP contribution in [0.15, 0.2) is 51.8 Å². The summed E-state index contributed by atoms with van der Waals surface area (Å²) in [5.41, 5.74) is 3.38. The van der Waals surface area contributed by atoms with E-state index in [2.05, 4.69) is 49.8 Å². The van der Waals surface area contributed by atoms with Gasteiger partial charge in [0.2, 0.25) is 10.0 Å². The van der Waals surface area contributed by atoms with E-state index in [9.17, 15) is 8.42 Å². The Morgan fingerprint density at radius 2 is 1.75 bits per heavy atom. The topological polar surface area (TPSA) is 49.4 Å². The maximum atomic E-state index is 12.3. The Morgan fingerprint density at radius 1 is 1.08 bits per heavy atom. The molecule has 4 nitrogen and oxygen atoms in total. The number of nitrogens with zero attached hydrogens (tertiary/aromatic N) is 1. The Hall–Kier alpha value is -1.37. The number of sulfonamides is 1. The van der Waals surface area contributed by atoms with Crippen molar-refractivity contribution in [3.63, 3.8) is 0 Å². The number of hydrogen-bond acceptors (Lipinski definition) is 3. The third kappa shape index (κ3) is 5.06. The first kappa shape index (κ1) is 19.0. The average Bonchev–Trinajstić information content (AvgIpc) is 2.51. The number of hydrogen-bond donors (Lipinski definition) is 1. The Morgan fingerprint density at radius 3 is 2.33 bits per heavy atom. The van der Waals surface area contributed by atoms with Crippen LogP contribution < -0.4 is 9.62 Å². The first-order valence-corrected chi connectivity index (χ1v) is 10.1. The Balaban J connectivity index is 1.89. The second-order valence-corrected chi connectivity index (χ2v) is 8.59. The summed E-state index contributed by atoms with van der Waals surface area (Å²) in [6.07, 6.45) is 1.59. The summed E-state index contributed by atoms with van der Waals surface area (Å²) >= 11 is 3.32. The molecule has 0 atom stereocenters. The number of halogens is 1. The van der Waals surface area contributed by atoms with Gasteiger partial charge in [0.05, 0.1) is 4.90 Å². The molecule has 0 fully saturated rings. The molecule has 130 valence electrons. The van der Waals surface area contributed by atoms with Gasteiger partial charge in [0.15, 0.2) is 0 Å². The van der Waals surface area contributed by atoms with E-state index in [0.29, 0.717) is 11.0 Å². The molecular formula is C18H23BrN2O2S. The maximum absolute atomic E-state index is 12.3. The van der Waals surface area contributed by atoms with Crippen LogP contribution in [0.4, 0.5) is 5.69 Å². The molecule has 0 aliphatic carbocycles. The van der Waals surface area contributed by atoms with Crippen molar-refractivity contribution in [1.82, 2.24) is 4.72 Å². The van der Waals surface area contributed by atoms with Gasteiger partial charge in [0.25, 0.3) is 0 Å². The van der Waals surface area contributed by atoms with Crippen LogP contribution >= 0.6 is 15.9 Å². The number of aryl methyl sites for hydroxylation is 2. The molecule has 0 saturated heterocycles. The number of rotatable bonds is 7. The van der Waals surface area contributed by atoms with E-state index in [1.54, 1.807) is 18.2 Å². The van der Waals surface area contributed by atoms with Crippen LogP contribution in [-0.4, -0.2) is 29.1 Å². The molecule has 0 unspecified atom stereocenters. The van der Waals surface area contributed by atoms with Crippen molar-refractivity contribution < 1.29 is 8.42 Å². The molecule has 0 aliphatic heterocycles. The second kappa shape index (κ2) is 8.14. The standard InChI is InChI=1S/C18H23BrN2O2S/c1-14-6-11-18(17(19)13-14)24(22,23)20-12-4-5-15-7-9-16(10-8-15)21(2)3/h6-11,13,20H,4-5,12H2,1-3H3. The van der Waals surface area contributed by atoms with Crippen molar-refractivity contribution in [2.24, 2.45) is 0 Å². The third-order valence-electron chi connectivity index (χ3n) is 3.76. The van der Waals surface area contributed by atoms with Gasteiger partial charge in [-0.3, -0.25) is 0 Å². The number of benzene rings is 2. The summed E-state index contributed by atoms with van der Waals surface area (Å²) in [5.74, 6) is 0. The van der Waals surface area contributed by atoms with Gasteiger partial charge in [-0.2, -0.15) is 0 Å². The summed E-state index contributed by atoms with van der Waals surface area (Å²) in [6, 6.07) is 13.5. The van der Waals surface area contributed by atoms with Crippen molar-refractivity contribution in [1.29, 1.82) is 0 Å². The molecule has 0 aromatic heterocycles. The minimum absolute atomic E-state index is 0.281. The Labute approximate surface area is 153 Å². The van der Waals surface area contributed by atoms with Crippen molar-refractivity contribution in [3.05, 3.63) is 58.1 Å². The van der Waals surface area contributed by atoms with Gasteiger partial charge < -0.3 is 4.90 Å². The molecule has 0 heterocycles. The molecule has 0 amide bonds. The Bertz CT molecular complexity index is 787. The number of nitrogens with one attached hydrogen (secondary N) is 1. The summed E-state index contributed by atoms with van der Waals surface area (Å²) < 4.78 is 28.0. The maximum Gasteiger partial charge on any atom is 0.241 e. The normalized spacial score (nSPS) is 11.5. The van der Waals surface area contributed by atoms with Crippen LogP contribution in [0.3, 0.4) is 0 Å². The quantitative estimate of drug-likeness (QED) is 0.707. The molecular weight excluding hydrogens is 388 g/mol. The Kier molecular flexibility index (Phi) is 6.43. The van der Waals surface area contributed by atoms with E-state index in [0.717, 1.165) is 24.1 Å². The molecule has 24 heavy (non-hydrogen) atoms. The van der Waals surface area contributed by atoms with E-state index in [-0.39, 0.29) is 4.90 Å². The highest BCUT2D eigenvalue weighted by Gasteiger charge is 2.16. The van der Waals surface area contributed by atoms with Gasteiger partial charge in [-0.15, -0.1) is 0 Å². The largest absolute Gasteiger partial charge is 0.378 e. The SMILES string of the molecule is Cc1ccc(S(=O)(=O)NCCCc2ccc(N(C)C)cc2)c(Br)c1. The van der Waals surface area contributed by atoms with E-state index in [1.165, 1.54) is 5.56 Å². The van der Waals surface area contributed by atoms with Crippen molar-refractivity contribution >= 4 is 31.6 Å². The van der Waals surface area contributed by atoms with Gasteiger partial charge in [-0.05, 0) is 71.1 Å². The predicted molar refractivity (Wildman–Crippen MR) is 103 cm³/mol. The molecule has 0 saturated carbocycles. The van der Waals surface area contributed by atoms with E-state index >= 15 is 0 Å². The highest BCUT2D eigenvalue weighted by Crippen LogP contribution is 2.22. The summed E-state index contributed by atoms with van der Waals surface area (Å²) in [5, 5.41) is 0. The highest BCUT2D eigenvalue weighted by molar-refractivity contribution is 9.10. The van der Waals surface area contributed by atoms with E-state index in [4.69, 9.17) is 0 Å². The van der Waals surface area contributed by atoms with Gasteiger partial charge in [0.1, 0.15) is 0 Å². The van der Waals surface area contributed by atoms with Crippen LogP contribution in [0.5, 0.6) is 0 Å². The molecule has 0 spiro atoms. The van der Waals surface area contributed by atoms with Crippen LogP contribution in [0.1, 0.15) is 17.5 Å². The van der Waals surface area contributed by atoms with E-state index < -0.39 is 10.0 Å². The van der Waals surface area contributed by atoms with Gasteiger partial charge in [-0.25, -0.2) is 13.1 Å². The molecule has 0 radical (unpaired) electrons. The third-order valence-corrected chi connectivity index (χ3v) is 6.20. The first-order valence-electron chi connectivity index (χ1n) is 7.82. The lowest BCUT2D eigenvalue weighted by Crippen LogP contribution is -2.25. The van der Waals surface area contributed by atoms with Gasteiger partial charge in [0, 0.05) is 30.8 Å². The molecule has 6 heteroatoms. The summed E-state index contributed by atoms with van der Waals surface area (Å²) in [4.78, 5) is 2.33. The molecule has 1 N–H and O–H groups in total. The smallest absolute Gasteiger partial charge is 0.241 e. The van der Waals surface area contributed by atoms with Crippen LogP contribution in [0, 0.1) is 6.92 Å². The molecule has 0 bridgehead atoms. The minimum Gasteiger partial charge on any atom is -0.378 e. The zero-order valence-electron chi connectivity index (χ0n) is 14.2. The zero-order chi connectivity index (χ0) is 17.7. The average molecular weight is 411 g/mol. The summed E-state index contributed by atoms with van der Waals surface area (Å²) in [6.45, 7) is 2.34. The molecule has 2 aromatic carbocycles. The van der Waals surface area contributed by atoms with E-state index in [1.807, 2.05) is 21.0 Å². The number of anilines is 1. The monoisotopic (exact) mass is 410 g/mol. The van der Waals surface area contributed by atoms with Gasteiger partial charge >= 0.3 is 0 Å². The minimum atomic E-state index is -3.48. The fourth-order valence-electron chi connectivity index (χ4n) is 2.36. The summed E-state index contributed by atoms with van der Waals surface area (Å²) in [7, 11) is 0.530. The lowest BCUT2D eigenvalue weighted by molar-refractivity contribution is 0.578.